The second kappa shape index (κ2) is 10.6. The maximum Gasteiger partial charge on any atom is 0.0573 e. The number of aryl methyl sites for hydroxylation is 1. The van der Waals surface area contributed by atoms with Crippen molar-refractivity contribution in [2.75, 3.05) is 13.1 Å². The number of aromatic nitrogens is 1. The zero-order valence-corrected chi connectivity index (χ0v) is 13.0. The van der Waals surface area contributed by atoms with Gasteiger partial charge in [-0.1, -0.05) is 43.9 Å². The first-order valence-electron chi connectivity index (χ1n) is 7.77. The first-order chi connectivity index (χ1) is 9.77. The number of rotatable bonds is 10. The van der Waals surface area contributed by atoms with E-state index in [-0.39, 0.29) is 0 Å². The fourth-order valence-electron chi connectivity index (χ4n) is 2.12. The number of nitrogens with one attached hydrogen (secondary N) is 1. The van der Waals surface area contributed by atoms with Gasteiger partial charge in [0.15, 0.2) is 0 Å². The Bertz CT molecular complexity index is 399. The van der Waals surface area contributed by atoms with Crippen molar-refractivity contribution in [3.8, 4) is 0 Å². The Morgan fingerprint density at radius 1 is 1.35 bits per heavy atom. The minimum atomic E-state index is 0.633. The SMILES string of the molecule is CCCCCCc1cccnc1CNC/C=C(\C)CN. The van der Waals surface area contributed by atoms with Gasteiger partial charge < -0.3 is 11.1 Å². The first-order valence-corrected chi connectivity index (χ1v) is 7.77. The highest BCUT2D eigenvalue weighted by Gasteiger charge is 2.02. The van der Waals surface area contributed by atoms with Gasteiger partial charge in [-0.15, -0.1) is 0 Å². The molecule has 0 saturated heterocycles. The molecule has 0 aromatic carbocycles. The predicted octanol–water partition coefficient (Wildman–Crippen LogP) is 3.20. The molecule has 0 aliphatic heterocycles. The largest absolute Gasteiger partial charge is 0.327 e. The van der Waals surface area contributed by atoms with Crippen LogP contribution in [0, 0.1) is 0 Å². The summed E-state index contributed by atoms with van der Waals surface area (Å²) in [7, 11) is 0. The summed E-state index contributed by atoms with van der Waals surface area (Å²) in [6.45, 7) is 6.62. The molecule has 0 aliphatic carbocycles. The maximum atomic E-state index is 5.56. The zero-order chi connectivity index (χ0) is 14.6. The maximum absolute atomic E-state index is 5.56. The van der Waals surface area contributed by atoms with Crippen LogP contribution < -0.4 is 11.1 Å². The molecule has 0 aliphatic rings. The second-order valence-electron chi connectivity index (χ2n) is 5.31. The van der Waals surface area contributed by atoms with Crippen molar-refractivity contribution in [3.63, 3.8) is 0 Å². The lowest BCUT2D eigenvalue weighted by atomic mass is 10.0. The Morgan fingerprint density at radius 2 is 2.20 bits per heavy atom. The minimum Gasteiger partial charge on any atom is -0.327 e. The lowest BCUT2D eigenvalue weighted by Gasteiger charge is -2.09. The van der Waals surface area contributed by atoms with E-state index in [9.17, 15) is 0 Å². The van der Waals surface area contributed by atoms with Crippen LogP contribution in [0.15, 0.2) is 30.0 Å². The van der Waals surface area contributed by atoms with Crippen molar-refractivity contribution in [1.29, 1.82) is 0 Å². The van der Waals surface area contributed by atoms with E-state index < -0.39 is 0 Å². The number of hydrogen-bond donors (Lipinski definition) is 2. The van der Waals surface area contributed by atoms with Gasteiger partial charge in [0.2, 0.25) is 0 Å². The molecule has 1 aromatic heterocycles. The lowest BCUT2D eigenvalue weighted by molar-refractivity contribution is 0.656. The molecule has 0 spiro atoms. The van der Waals surface area contributed by atoms with Gasteiger partial charge in [-0.3, -0.25) is 4.98 Å². The molecule has 0 amide bonds. The predicted molar refractivity (Wildman–Crippen MR) is 86.6 cm³/mol. The third-order valence-electron chi connectivity index (χ3n) is 3.49. The molecule has 0 atom stereocenters. The van der Waals surface area contributed by atoms with E-state index in [0.29, 0.717) is 6.54 Å². The van der Waals surface area contributed by atoms with Crippen LogP contribution in [0.3, 0.4) is 0 Å². The van der Waals surface area contributed by atoms with E-state index in [2.05, 4.69) is 36.3 Å². The highest BCUT2D eigenvalue weighted by molar-refractivity contribution is 5.20. The van der Waals surface area contributed by atoms with E-state index >= 15 is 0 Å². The van der Waals surface area contributed by atoms with Crippen molar-refractivity contribution in [2.45, 2.75) is 52.5 Å². The smallest absolute Gasteiger partial charge is 0.0573 e. The van der Waals surface area contributed by atoms with E-state index in [0.717, 1.165) is 19.5 Å². The van der Waals surface area contributed by atoms with Gasteiger partial charge in [0, 0.05) is 25.8 Å². The van der Waals surface area contributed by atoms with Crippen LogP contribution in [-0.4, -0.2) is 18.1 Å². The lowest BCUT2D eigenvalue weighted by Crippen LogP contribution is -2.16. The summed E-state index contributed by atoms with van der Waals surface area (Å²) >= 11 is 0. The second-order valence-corrected chi connectivity index (χ2v) is 5.31. The topological polar surface area (TPSA) is 50.9 Å². The number of unbranched alkanes of at least 4 members (excludes halogenated alkanes) is 3. The molecule has 1 rings (SSSR count). The molecule has 3 N–H and O–H groups in total. The number of hydrogen-bond acceptors (Lipinski definition) is 3. The summed E-state index contributed by atoms with van der Waals surface area (Å²) in [5.74, 6) is 0. The summed E-state index contributed by atoms with van der Waals surface area (Å²) in [5, 5.41) is 3.41. The van der Waals surface area contributed by atoms with Crippen LogP contribution in [-0.2, 0) is 13.0 Å². The summed E-state index contributed by atoms with van der Waals surface area (Å²) < 4.78 is 0. The molecule has 0 unspecified atom stereocenters. The number of nitrogens with zero attached hydrogens (tertiary/aromatic N) is 1. The normalized spacial score (nSPS) is 11.8. The monoisotopic (exact) mass is 275 g/mol. The van der Waals surface area contributed by atoms with Gasteiger partial charge in [0.1, 0.15) is 0 Å². The Morgan fingerprint density at radius 3 is 2.95 bits per heavy atom. The molecule has 3 nitrogen and oxygen atoms in total. The van der Waals surface area contributed by atoms with Gasteiger partial charge in [0.05, 0.1) is 5.69 Å². The van der Waals surface area contributed by atoms with E-state index in [4.69, 9.17) is 5.73 Å². The molecule has 0 fully saturated rings. The molecular weight excluding hydrogens is 246 g/mol. The zero-order valence-electron chi connectivity index (χ0n) is 13.0. The van der Waals surface area contributed by atoms with Crippen LogP contribution in [0.2, 0.25) is 0 Å². The summed E-state index contributed by atoms with van der Waals surface area (Å²) in [5.41, 5.74) is 9.35. The molecular formula is C17H29N3. The molecule has 0 saturated carbocycles. The third-order valence-corrected chi connectivity index (χ3v) is 3.49. The number of nitrogens with two attached hydrogens (primary N) is 1. The van der Waals surface area contributed by atoms with Gasteiger partial charge in [0.25, 0.3) is 0 Å². The molecule has 20 heavy (non-hydrogen) atoms. The van der Waals surface area contributed by atoms with Crippen molar-refractivity contribution < 1.29 is 0 Å². The fraction of sp³-hybridized carbons (Fsp3) is 0.588. The molecule has 0 radical (unpaired) electrons. The summed E-state index contributed by atoms with van der Waals surface area (Å²) in [4.78, 5) is 4.51. The van der Waals surface area contributed by atoms with E-state index in [1.165, 1.54) is 42.5 Å². The van der Waals surface area contributed by atoms with Gasteiger partial charge in [-0.2, -0.15) is 0 Å². The Balaban J connectivity index is 2.40. The molecule has 1 aromatic rings. The Labute approximate surface area is 123 Å². The highest BCUT2D eigenvalue weighted by atomic mass is 14.9. The van der Waals surface area contributed by atoms with Crippen molar-refractivity contribution in [1.82, 2.24) is 10.3 Å². The van der Waals surface area contributed by atoms with Crippen LogP contribution in [0.25, 0.3) is 0 Å². The Hall–Kier alpha value is -1.19. The summed E-state index contributed by atoms with van der Waals surface area (Å²) in [6.07, 6.45) is 10.4. The average molecular weight is 275 g/mol. The van der Waals surface area contributed by atoms with Crippen LogP contribution in [0.4, 0.5) is 0 Å². The standard InChI is InChI=1S/C17H29N3/c1-3-4-5-6-8-16-9-7-11-20-17(16)14-19-12-10-15(2)13-18/h7,9-11,19H,3-6,8,12-14,18H2,1-2H3/b15-10+. The third kappa shape index (κ3) is 6.83. The van der Waals surface area contributed by atoms with E-state index in [1.807, 2.05) is 12.3 Å². The van der Waals surface area contributed by atoms with Crippen molar-refractivity contribution in [2.24, 2.45) is 5.73 Å². The highest BCUT2D eigenvalue weighted by Crippen LogP contribution is 2.11. The number of pyridine rings is 1. The Kier molecular flexibility index (Phi) is 8.92. The van der Waals surface area contributed by atoms with Crippen LogP contribution >= 0.6 is 0 Å². The minimum absolute atomic E-state index is 0.633. The van der Waals surface area contributed by atoms with Gasteiger partial charge in [-0.05, 0) is 31.4 Å². The quantitative estimate of drug-likeness (QED) is 0.509. The average Bonchev–Trinajstić information content (AvgIpc) is 2.49. The van der Waals surface area contributed by atoms with Crippen molar-refractivity contribution >= 4 is 0 Å². The van der Waals surface area contributed by atoms with Crippen LogP contribution in [0.1, 0.15) is 50.8 Å². The van der Waals surface area contributed by atoms with Crippen LogP contribution in [0.5, 0.6) is 0 Å². The fourth-order valence-corrected chi connectivity index (χ4v) is 2.12. The van der Waals surface area contributed by atoms with Gasteiger partial charge in [-0.25, -0.2) is 0 Å². The molecule has 3 heteroatoms. The van der Waals surface area contributed by atoms with Crippen molar-refractivity contribution in [3.05, 3.63) is 41.2 Å². The first kappa shape index (κ1) is 16.9. The summed E-state index contributed by atoms with van der Waals surface area (Å²) in [6, 6.07) is 4.24. The molecule has 112 valence electrons. The molecule has 0 bridgehead atoms. The van der Waals surface area contributed by atoms with Gasteiger partial charge >= 0.3 is 0 Å². The van der Waals surface area contributed by atoms with E-state index in [1.54, 1.807) is 0 Å². The molecule has 1 heterocycles.